The Morgan fingerprint density at radius 2 is 1.88 bits per heavy atom. The van der Waals surface area contributed by atoms with Gasteiger partial charge in [-0.1, -0.05) is 18.1 Å². The number of alkyl carbamates (subject to hydrolysis) is 1. The van der Waals surface area contributed by atoms with Crippen LogP contribution in [0.1, 0.15) is 32.6 Å². The lowest BCUT2D eigenvalue weighted by Crippen LogP contribution is -2.57. The van der Waals surface area contributed by atoms with Gasteiger partial charge in [-0.2, -0.15) is 0 Å². The number of benzene rings is 1. The molecule has 130 valence electrons. The summed E-state index contributed by atoms with van der Waals surface area (Å²) in [6.45, 7) is 5.59. The van der Waals surface area contributed by atoms with Crippen LogP contribution in [0.15, 0.2) is 24.3 Å². The quantitative estimate of drug-likeness (QED) is 0.862. The van der Waals surface area contributed by atoms with Gasteiger partial charge < -0.3 is 24.3 Å². The molecule has 1 heterocycles. The number of ether oxygens (including phenoxy) is 4. The number of nitrogens with one attached hydrogen (secondary N) is 1. The van der Waals surface area contributed by atoms with Crippen molar-refractivity contribution in [3.63, 3.8) is 0 Å². The van der Waals surface area contributed by atoms with Crippen molar-refractivity contribution < 1.29 is 23.7 Å². The Hall–Kier alpha value is -2.23. The van der Waals surface area contributed by atoms with Crippen molar-refractivity contribution >= 4 is 6.09 Å². The van der Waals surface area contributed by atoms with E-state index in [1.54, 1.807) is 27.9 Å². The van der Waals surface area contributed by atoms with Crippen molar-refractivity contribution in [2.75, 3.05) is 20.3 Å². The Morgan fingerprint density at radius 1 is 1.29 bits per heavy atom. The molecule has 1 fully saturated rings. The molecule has 0 aromatic heterocycles. The average molecular weight is 333 g/mol. The molecule has 1 aromatic carbocycles. The predicted molar refractivity (Wildman–Crippen MR) is 88.6 cm³/mol. The lowest BCUT2D eigenvalue weighted by Gasteiger charge is -2.37. The highest BCUT2D eigenvalue weighted by Crippen LogP contribution is 2.28. The summed E-state index contributed by atoms with van der Waals surface area (Å²) >= 11 is 0. The molecule has 0 saturated carbocycles. The monoisotopic (exact) mass is 333 g/mol. The molecule has 1 N–H and O–H groups in total. The van der Waals surface area contributed by atoms with E-state index in [9.17, 15) is 4.79 Å². The molecular weight excluding hydrogens is 310 g/mol. The van der Waals surface area contributed by atoms with E-state index in [4.69, 9.17) is 25.4 Å². The van der Waals surface area contributed by atoms with Crippen molar-refractivity contribution in [1.29, 1.82) is 0 Å². The average Bonchev–Trinajstić information content (AvgIpc) is 2.54. The molecule has 6 nitrogen and oxygen atoms in total. The van der Waals surface area contributed by atoms with Gasteiger partial charge in [0.2, 0.25) is 0 Å². The van der Waals surface area contributed by atoms with Gasteiger partial charge in [0.05, 0.1) is 20.3 Å². The van der Waals surface area contributed by atoms with Crippen molar-refractivity contribution in [3.8, 4) is 18.1 Å². The second-order valence-electron chi connectivity index (χ2n) is 6.58. The summed E-state index contributed by atoms with van der Waals surface area (Å²) in [5.41, 5.74) is -0.814. The summed E-state index contributed by atoms with van der Waals surface area (Å²) in [6.07, 6.45) is 4.43. The number of terminal acetylenes is 1. The fraction of sp³-hybridized carbons (Fsp3) is 0.500. The summed E-state index contributed by atoms with van der Waals surface area (Å²) in [5.74, 6) is 3.29. The number of hydrogen-bond acceptors (Lipinski definition) is 5. The SMILES string of the molecule is C#CC1(NC(=O)OC(C)(C)C)COC(c2ccc(OC)cc2)OC1. The van der Waals surface area contributed by atoms with Gasteiger partial charge in [-0.05, 0) is 32.9 Å². The highest BCUT2D eigenvalue weighted by molar-refractivity contribution is 5.69. The third-order valence-corrected chi connectivity index (χ3v) is 3.37. The van der Waals surface area contributed by atoms with Crippen LogP contribution >= 0.6 is 0 Å². The van der Waals surface area contributed by atoms with Crippen molar-refractivity contribution in [3.05, 3.63) is 29.8 Å². The van der Waals surface area contributed by atoms with E-state index >= 15 is 0 Å². The van der Waals surface area contributed by atoms with Gasteiger partial charge in [0.1, 0.15) is 11.4 Å². The smallest absolute Gasteiger partial charge is 0.409 e. The van der Waals surface area contributed by atoms with Crippen LogP contribution in [0.5, 0.6) is 5.75 Å². The molecule has 6 heteroatoms. The maximum absolute atomic E-state index is 12.0. The Bertz CT molecular complexity index is 604. The topological polar surface area (TPSA) is 66.0 Å². The largest absolute Gasteiger partial charge is 0.497 e. The Labute approximate surface area is 142 Å². The minimum Gasteiger partial charge on any atom is -0.497 e. The van der Waals surface area contributed by atoms with Gasteiger partial charge in [-0.25, -0.2) is 4.79 Å². The molecule has 0 spiro atoms. The number of rotatable bonds is 3. The van der Waals surface area contributed by atoms with Crippen molar-refractivity contribution in [1.82, 2.24) is 5.32 Å². The normalized spacial score (nSPS) is 23.9. The van der Waals surface area contributed by atoms with Crippen LogP contribution in [-0.4, -0.2) is 37.6 Å². The first-order valence-electron chi connectivity index (χ1n) is 7.63. The molecule has 0 radical (unpaired) electrons. The number of methoxy groups -OCH3 is 1. The van der Waals surface area contributed by atoms with Gasteiger partial charge in [0.25, 0.3) is 0 Å². The van der Waals surface area contributed by atoms with Crippen LogP contribution in [0.4, 0.5) is 4.79 Å². The highest BCUT2D eigenvalue weighted by atomic mass is 16.7. The highest BCUT2D eigenvalue weighted by Gasteiger charge is 2.38. The van der Waals surface area contributed by atoms with Crippen LogP contribution in [0.2, 0.25) is 0 Å². The molecule has 2 rings (SSSR count). The molecule has 1 aliphatic rings. The predicted octanol–water partition coefficient (Wildman–Crippen LogP) is 2.64. The molecule has 1 aromatic rings. The molecule has 0 bridgehead atoms. The van der Waals surface area contributed by atoms with E-state index in [0.29, 0.717) is 0 Å². The van der Waals surface area contributed by atoms with Crippen molar-refractivity contribution in [2.45, 2.75) is 38.2 Å². The van der Waals surface area contributed by atoms with Crippen LogP contribution < -0.4 is 10.1 Å². The lowest BCUT2D eigenvalue weighted by molar-refractivity contribution is -0.206. The van der Waals surface area contributed by atoms with E-state index in [0.717, 1.165) is 11.3 Å². The van der Waals surface area contributed by atoms with Gasteiger partial charge in [-0.3, -0.25) is 0 Å². The van der Waals surface area contributed by atoms with Crippen LogP contribution in [0.25, 0.3) is 0 Å². The lowest BCUT2D eigenvalue weighted by atomic mass is 10.0. The first-order valence-corrected chi connectivity index (χ1v) is 7.63. The summed E-state index contributed by atoms with van der Waals surface area (Å²) in [5, 5.41) is 2.66. The van der Waals surface area contributed by atoms with Crippen molar-refractivity contribution in [2.24, 2.45) is 0 Å². The Balaban J connectivity index is 1.97. The third kappa shape index (κ3) is 4.63. The fourth-order valence-corrected chi connectivity index (χ4v) is 2.17. The number of amides is 1. The van der Waals surface area contributed by atoms with Crippen LogP contribution in [-0.2, 0) is 14.2 Å². The van der Waals surface area contributed by atoms with E-state index in [-0.39, 0.29) is 13.2 Å². The zero-order chi connectivity index (χ0) is 17.8. The van der Waals surface area contributed by atoms with Gasteiger partial charge in [0.15, 0.2) is 11.8 Å². The van der Waals surface area contributed by atoms with Crippen LogP contribution in [0.3, 0.4) is 0 Å². The number of carbonyl (C=O) groups excluding carboxylic acids is 1. The fourth-order valence-electron chi connectivity index (χ4n) is 2.17. The van der Waals surface area contributed by atoms with E-state index in [1.807, 2.05) is 24.3 Å². The molecule has 1 amide bonds. The maximum Gasteiger partial charge on any atom is 0.409 e. The summed E-state index contributed by atoms with van der Waals surface area (Å²) in [4.78, 5) is 12.0. The molecule has 0 aliphatic carbocycles. The molecular formula is C18H23NO5. The molecule has 1 saturated heterocycles. The minimum absolute atomic E-state index is 0.124. The van der Waals surface area contributed by atoms with E-state index in [1.165, 1.54) is 0 Å². The van der Waals surface area contributed by atoms with Gasteiger partial charge in [-0.15, -0.1) is 6.42 Å². The first-order chi connectivity index (χ1) is 11.3. The van der Waals surface area contributed by atoms with Gasteiger partial charge in [0, 0.05) is 5.56 Å². The maximum atomic E-state index is 12.0. The molecule has 0 unspecified atom stereocenters. The molecule has 1 aliphatic heterocycles. The van der Waals surface area contributed by atoms with E-state index < -0.39 is 23.5 Å². The first kappa shape index (κ1) is 18.1. The number of hydrogen-bond donors (Lipinski definition) is 1. The number of carbonyl (C=O) groups is 1. The summed E-state index contributed by atoms with van der Waals surface area (Å²) in [6, 6.07) is 7.36. The zero-order valence-corrected chi connectivity index (χ0v) is 14.4. The molecule has 0 atom stereocenters. The second kappa shape index (κ2) is 7.12. The minimum atomic E-state index is -1.05. The Kier molecular flexibility index (Phi) is 5.37. The van der Waals surface area contributed by atoms with Crippen LogP contribution in [0, 0.1) is 12.3 Å². The molecule has 24 heavy (non-hydrogen) atoms. The zero-order valence-electron chi connectivity index (χ0n) is 14.4. The summed E-state index contributed by atoms with van der Waals surface area (Å²) in [7, 11) is 1.60. The Morgan fingerprint density at radius 3 is 2.33 bits per heavy atom. The van der Waals surface area contributed by atoms with E-state index in [2.05, 4.69) is 11.2 Å². The second-order valence-corrected chi connectivity index (χ2v) is 6.58. The summed E-state index contributed by atoms with van der Waals surface area (Å²) < 4.78 is 21.8. The third-order valence-electron chi connectivity index (χ3n) is 3.37. The standard InChI is InChI=1S/C18H23NO5/c1-6-18(19-16(20)24-17(2,3)4)11-22-15(23-12-18)13-7-9-14(21-5)10-8-13/h1,7-10,15H,11-12H2,2-5H3,(H,19,20). The van der Waals surface area contributed by atoms with Gasteiger partial charge >= 0.3 is 6.09 Å².